The maximum Gasteiger partial charge on any atom is 0.411 e. The molecule has 2 aliphatic heterocycles. The van der Waals surface area contributed by atoms with Crippen LogP contribution >= 0.6 is 24.0 Å². The molecule has 0 aliphatic carbocycles. The molecule has 0 saturated carbocycles. The van der Waals surface area contributed by atoms with Gasteiger partial charge in [-0.25, -0.2) is 4.79 Å². The van der Waals surface area contributed by atoms with Gasteiger partial charge in [0.1, 0.15) is 12.0 Å². The first-order valence-corrected chi connectivity index (χ1v) is 8.82. The van der Waals surface area contributed by atoms with E-state index < -0.39 is 18.1 Å². The predicted molar refractivity (Wildman–Crippen MR) is 102 cm³/mol. The SMILES string of the molecule is COC(=O)[C@@H]1[C@@H](OC(=O)Nc2c(C)cccc2Cl)C[C@H]2CC[C@@H]1N2C.Cl. The van der Waals surface area contributed by atoms with Gasteiger partial charge in [0.15, 0.2) is 0 Å². The van der Waals surface area contributed by atoms with Gasteiger partial charge in [-0.1, -0.05) is 23.7 Å². The van der Waals surface area contributed by atoms with Crippen LogP contribution in [0.25, 0.3) is 0 Å². The van der Waals surface area contributed by atoms with E-state index in [-0.39, 0.29) is 24.4 Å². The summed E-state index contributed by atoms with van der Waals surface area (Å²) in [6.45, 7) is 1.86. The number of rotatable bonds is 3. The number of piperidine rings is 1. The Bertz CT molecular complexity index is 665. The lowest BCUT2D eigenvalue weighted by Crippen LogP contribution is -2.53. The molecule has 26 heavy (non-hydrogen) atoms. The average Bonchev–Trinajstić information content (AvgIpc) is 2.81. The monoisotopic (exact) mass is 402 g/mol. The number of hydrogen-bond donors (Lipinski definition) is 1. The molecular formula is C18H24Cl2N2O4. The lowest BCUT2D eigenvalue weighted by atomic mass is 9.87. The highest BCUT2D eigenvalue weighted by Gasteiger charge is 2.51. The van der Waals surface area contributed by atoms with E-state index in [0.29, 0.717) is 23.2 Å². The van der Waals surface area contributed by atoms with Crippen molar-refractivity contribution in [1.82, 2.24) is 4.90 Å². The zero-order chi connectivity index (χ0) is 18.1. The van der Waals surface area contributed by atoms with Crippen molar-refractivity contribution in [2.45, 2.75) is 44.4 Å². The van der Waals surface area contributed by atoms with Gasteiger partial charge >= 0.3 is 12.1 Å². The van der Waals surface area contributed by atoms with Crippen molar-refractivity contribution in [1.29, 1.82) is 0 Å². The fraction of sp³-hybridized carbons (Fsp3) is 0.556. The van der Waals surface area contributed by atoms with Crippen LogP contribution in [0.4, 0.5) is 10.5 Å². The molecule has 2 bridgehead atoms. The number of amides is 1. The fourth-order valence-electron chi connectivity index (χ4n) is 4.05. The summed E-state index contributed by atoms with van der Waals surface area (Å²) in [6, 6.07) is 5.75. The van der Waals surface area contributed by atoms with Gasteiger partial charge in [-0.15, -0.1) is 12.4 Å². The standard InChI is InChI=1S/C18H23ClN2O4.ClH/c1-10-5-4-6-12(19)16(10)20-18(23)25-14-9-11-7-8-13(21(11)2)15(14)17(22)24-3;/h4-6,11,13-15H,7-9H2,1-3H3,(H,20,23);1H/t11-,13+,14+,15+;/m1./s1. The third-order valence-corrected chi connectivity index (χ3v) is 5.71. The van der Waals surface area contributed by atoms with E-state index in [4.69, 9.17) is 21.1 Å². The van der Waals surface area contributed by atoms with Crippen LogP contribution in [0.2, 0.25) is 5.02 Å². The highest BCUT2D eigenvalue weighted by atomic mass is 35.5. The Hall–Kier alpha value is -1.50. The molecule has 2 saturated heterocycles. The minimum atomic E-state index is -0.598. The normalized spacial score (nSPS) is 27.4. The van der Waals surface area contributed by atoms with E-state index in [1.165, 1.54) is 7.11 Å². The second-order valence-corrected chi connectivity index (χ2v) is 7.16. The van der Waals surface area contributed by atoms with Crippen LogP contribution in [-0.2, 0) is 14.3 Å². The Balaban J connectivity index is 0.00000243. The molecule has 0 aromatic heterocycles. The quantitative estimate of drug-likeness (QED) is 0.781. The maximum atomic E-state index is 12.4. The second-order valence-electron chi connectivity index (χ2n) is 6.75. The Kier molecular flexibility index (Phi) is 6.77. The van der Waals surface area contributed by atoms with Crippen molar-refractivity contribution < 1.29 is 19.1 Å². The number of halogens is 2. The molecule has 1 amide bonds. The van der Waals surface area contributed by atoms with Gasteiger partial charge in [-0.05, 0) is 38.4 Å². The summed E-state index contributed by atoms with van der Waals surface area (Å²) in [5, 5.41) is 3.15. The molecule has 8 heteroatoms. The number of carbonyl (C=O) groups is 2. The number of esters is 1. The van der Waals surface area contributed by atoms with E-state index in [1.807, 2.05) is 26.1 Å². The number of methoxy groups -OCH3 is 1. The third-order valence-electron chi connectivity index (χ3n) is 5.39. The number of ether oxygens (including phenoxy) is 2. The molecule has 0 unspecified atom stereocenters. The van der Waals surface area contributed by atoms with Gasteiger partial charge in [0, 0.05) is 18.5 Å². The van der Waals surface area contributed by atoms with Gasteiger partial charge in [-0.3, -0.25) is 15.0 Å². The van der Waals surface area contributed by atoms with Gasteiger partial charge in [-0.2, -0.15) is 0 Å². The van der Waals surface area contributed by atoms with Crippen LogP contribution in [0.3, 0.4) is 0 Å². The summed E-state index contributed by atoms with van der Waals surface area (Å²) >= 11 is 6.14. The maximum absolute atomic E-state index is 12.4. The van der Waals surface area contributed by atoms with E-state index >= 15 is 0 Å². The fourth-order valence-corrected chi connectivity index (χ4v) is 4.32. The van der Waals surface area contributed by atoms with Crippen LogP contribution in [-0.4, -0.2) is 49.3 Å². The molecule has 144 valence electrons. The zero-order valence-corrected chi connectivity index (χ0v) is 16.6. The summed E-state index contributed by atoms with van der Waals surface area (Å²) in [5.74, 6) is -0.796. The van der Waals surface area contributed by atoms with Gasteiger partial charge in [0.2, 0.25) is 0 Å². The molecule has 2 aliphatic rings. The first-order valence-electron chi connectivity index (χ1n) is 8.45. The number of nitrogens with zero attached hydrogens (tertiary/aromatic N) is 1. The second kappa shape index (κ2) is 8.46. The molecule has 1 N–H and O–H groups in total. The molecule has 6 nitrogen and oxygen atoms in total. The summed E-state index contributed by atoms with van der Waals surface area (Å²) in [6.07, 6.45) is 1.44. The number of nitrogens with one attached hydrogen (secondary N) is 1. The zero-order valence-electron chi connectivity index (χ0n) is 15.0. The molecule has 2 fully saturated rings. The van der Waals surface area contributed by atoms with Gasteiger partial charge in [0.05, 0.1) is 17.8 Å². The van der Waals surface area contributed by atoms with Crippen molar-refractivity contribution in [2.75, 3.05) is 19.5 Å². The number of hydrogen-bond acceptors (Lipinski definition) is 5. The molecule has 3 rings (SSSR count). The lowest BCUT2D eigenvalue weighted by molar-refractivity contribution is -0.155. The summed E-state index contributed by atoms with van der Waals surface area (Å²) in [7, 11) is 3.38. The molecular weight excluding hydrogens is 379 g/mol. The van der Waals surface area contributed by atoms with Crippen LogP contribution in [0.15, 0.2) is 18.2 Å². The molecule has 2 heterocycles. The number of benzene rings is 1. The Morgan fingerprint density at radius 3 is 2.69 bits per heavy atom. The van der Waals surface area contributed by atoms with E-state index in [9.17, 15) is 9.59 Å². The number of aryl methyl sites for hydroxylation is 1. The van der Waals surface area contributed by atoms with E-state index in [0.717, 1.165) is 18.4 Å². The number of carbonyl (C=O) groups excluding carboxylic acids is 2. The predicted octanol–water partition coefficient (Wildman–Crippen LogP) is 3.64. The molecule has 4 atom stereocenters. The van der Waals surface area contributed by atoms with Crippen molar-refractivity contribution in [3.8, 4) is 0 Å². The third kappa shape index (κ3) is 3.92. The van der Waals surface area contributed by atoms with Crippen LogP contribution < -0.4 is 5.32 Å². The minimum absolute atomic E-state index is 0. The largest absolute Gasteiger partial charge is 0.469 e. The van der Waals surface area contributed by atoms with Crippen molar-refractivity contribution in [3.63, 3.8) is 0 Å². The average molecular weight is 403 g/mol. The highest BCUT2D eigenvalue weighted by Crippen LogP contribution is 2.40. The first kappa shape index (κ1) is 20.8. The van der Waals surface area contributed by atoms with E-state index in [1.54, 1.807) is 6.07 Å². The topological polar surface area (TPSA) is 67.9 Å². The number of para-hydroxylation sites is 1. The smallest absolute Gasteiger partial charge is 0.411 e. The van der Waals surface area contributed by atoms with Crippen molar-refractivity contribution >= 4 is 41.8 Å². The Morgan fingerprint density at radius 1 is 1.31 bits per heavy atom. The molecule has 1 aromatic rings. The number of fused-ring (bicyclic) bond motifs is 2. The molecule has 0 spiro atoms. The van der Waals surface area contributed by atoms with Crippen molar-refractivity contribution in [2.24, 2.45) is 5.92 Å². The van der Waals surface area contributed by atoms with Gasteiger partial charge in [0.25, 0.3) is 0 Å². The van der Waals surface area contributed by atoms with Crippen molar-refractivity contribution in [3.05, 3.63) is 28.8 Å². The van der Waals surface area contributed by atoms with Gasteiger partial charge < -0.3 is 9.47 Å². The summed E-state index contributed by atoms with van der Waals surface area (Å²) in [4.78, 5) is 26.9. The molecule has 0 radical (unpaired) electrons. The highest BCUT2D eigenvalue weighted by molar-refractivity contribution is 6.33. The summed E-state index contributed by atoms with van der Waals surface area (Å²) in [5.41, 5.74) is 1.37. The lowest BCUT2D eigenvalue weighted by Gasteiger charge is -2.40. The van der Waals surface area contributed by atoms with E-state index in [2.05, 4.69) is 10.2 Å². The Morgan fingerprint density at radius 2 is 2.04 bits per heavy atom. The minimum Gasteiger partial charge on any atom is -0.469 e. The Labute approximate surface area is 164 Å². The van der Waals surface area contributed by atoms with Crippen LogP contribution in [0.1, 0.15) is 24.8 Å². The first-order chi connectivity index (χ1) is 11.9. The molecule has 1 aromatic carbocycles. The van der Waals surface area contributed by atoms with Crippen LogP contribution in [0, 0.1) is 12.8 Å². The number of anilines is 1. The van der Waals surface area contributed by atoms with Crippen LogP contribution in [0.5, 0.6) is 0 Å². The summed E-state index contributed by atoms with van der Waals surface area (Å²) < 4.78 is 10.6.